The molecule has 0 spiro atoms. The zero-order chi connectivity index (χ0) is 24.3. The third-order valence-electron chi connectivity index (χ3n) is 6.04. The van der Waals surface area contributed by atoms with Crippen molar-refractivity contribution in [3.8, 4) is 0 Å². The molecule has 0 aliphatic heterocycles. The van der Waals surface area contributed by atoms with Crippen LogP contribution in [-0.4, -0.2) is 17.0 Å². The van der Waals surface area contributed by atoms with Gasteiger partial charge in [-0.3, -0.25) is 0 Å². The molecule has 0 radical (unpaired) electrons. The zero-order valence-corrected chi connectivity index (χ0v) is 23.3. The third kappa shape index (κ3) is 6.72. The predicted octanol–water partition coefficient (Wildman–Crippen LogP) is 7.01. The SMILES string of the molecule is Cc1cc(C)c(C(N)C[N](CC(N)c2c(C(C)C)cc(C)cc2C(C)C)[Co]([Cl])[Cl])c(C)c1. The van der Waals surface area contributed by atoms with Crippen LogP contribution in [0, 0.1) is 27.7 Å². The van der Waals surface area contributed by atoms with Crippen LogP contribution in [0.4, 0.5) is 0 Å². The van der Waals surface area contributed by atoms with E-state index in [9.17, 15) is 0 Å². The summed E-state index contributed by atoms with van der Waals surface area (Å²) in [6.45, 7) is 18.5. The molecule has 0 aliphatic carbocycles. The number of rotatable bonds is 9. The molecular weight excluding hydrogens is 484 g/mol. The van der Waals surface area contributed by atoms with Crippen LogP contribution in [0.2, 0.25) is 0 Å². The molecule has 0 aliphatic rings. The molecule has 2 aromatic rings. The van der Waals surface area contributed by atoms with Crippen LogP contribution in [0.3, 0.4) is 0 Å². The van der Waals surface area contributed by atoms with Crippen LogP contribution in [0.5, 0.6) is 0 Å². The molecule has 0 saturated carbocycles. The fourth-order valence-electron chi connectivity index (χ4n) is 4.77. The van der Waals surface area contributed by atoms with Crippen molar-refractivity contribution in [3.05, 3.63) is 68.8 Å². The second-order valence-electron chi connectivity index (χ2n) is 9.65. The number of nitrogens with two attached hydrogens (primary N) is 2. The topological polar surface area (TPSA) is 55.3 Å². The van der Waals surface area contributed by atoms with Gasteiger partial charge in [0.05, 0.1) is 0 Å². The quantitative estimate of drug-likeness (QED) is 0.371. The molecule has 32 heavy (non-hydrogen) atoms. The number of hydrogen-bond acceptors (Lipinski definition) is 3. The maximum atomic E-state index is 6.87. The monoisotopic (exact) mass is 523 g/mol. The van der Waals surface area contributed by atoms with Gasteiger partial charge in [-0.15, -0.1) is 0 Å². The minimum absolute atomic E-state index is 0.183. The molecule has 3 nitrogen and oxygen atoms in total. The van der Waals surface area contributed by atoms with Crippen molar-refractivity contribution in [1.29, 1.82) is 0 Å². The summed E-state index contributed by atoms with van der Waals surface area (Å²) < 4.78 is 2.05. The molecule has 4 N–H and O–H groups in total. The number of hydrogen-bond donors (Lipinski definition) is 2. The molecule has 182 valence electrons. The van der Waals surface area contributed by atoms with Gasteiger partial charge in [-0.25, -0.2) is 0 Å². The standard InChI is InChI=1S/C26H40N3.2ClH.Co/c1-15(2)21-11-18(6)12-22(16(3)4)26(21)24(28)14-29-13-23(27)25-19(7)9-17(5)10-20(25)8;;;/h9-12,15-16,23-24H,13-14,27-28H2,1-8H3;2*1H;/q-1;;;+3/p-2. The van der Waals surface area contributed by atoms with Crippen LogP contribution in [0.25, 0.3) is 0 Å². The van der Waals surface area contributed by atoms with Crippen molar-refractivity contribution in [3.63, 3.8) is 0 Å². The zero-order valence-electron chi connectivity index (χ0n) is 20.7. The van der Waals surface area contributed by atoms with Gasteiger partial charge in [0.25, 0.3) is 0 Å². The molecule has 0 bridgehead atoms. The average Bonchev–Trinajstić information content (AvgIpc) is 2.65. The van der Waals surface area contributed by atoms with Gasteiger partial charge >= 0.3 is 209 Å². The Kier molecular flexibility index (Phi) is 10.1. The Hall–Kier alpha value is -0.594. The molecule has 2 unspecified atom stereocenters. The van der Waals surface area contributed by atoms with Crippen molar-refractivity contribution in [2.45, 2.75) is 79.3 Å². The van der Waals surface area contributed by atoms with Crippen molar-refractivity contribution < 1.29 is 12.1 Å². The van der Waals surface area contributed by atoms with Crippen LogP contribution in [0.1, 0.15) is 96.1 Å². The second-order valence-corrected chi connectivity index (χ2v) is 13.3. The molecule has 2 rings (SSSR count). The average molecular weight is 524 g/mol. The maximum absolute atomic E-state index is 6.87. The van der Waals surface area contributed by atoms with E-state index >= 15 is 0 Å². The Morgan fingerprint density at radius 2 is 1.09 bits per heavy atom. The third-order valence-corrected chi connectivity index (χ3v) is 8.24. The Balaban J connectivity index is 2.37. The fourth-order valence-corrected chi connectivity index (χ4v) is 6.23. The summed E-state index contributed by atoms with van der Waals surface area (Å²) in [7, 11) is 13.0. The van der Waals surface area contributed by atoms with E-state index in [4.69, 9.17) is 31.8 Å². The van der Waals surface area contributed by atoms with Crippen molar-refractivity contribution >= 4 is 20.3 Å². The summed E-state index contributed by atoms with van der Waals surface area (Å²) in [5.41, 5.74) is 23.5. The predicted molar refractivity (Wildman–Crippen MR) is 137 cm³/mol. The summed E-state index contributed by atoms with van der Waals surface area (Å²) in [6, 6.07) is 8.52. The summed E-state index contributed by atoms with van der Waals surface area (Å²) in [5.74, 6) is 0.769. The molecule has 2 atom stereocenters. The first kappa shape index (κ1) is 27.6. The fraction of sp³-hybridized carbons (Fsp3) is 0.538. The van der Waals surface area contributed by atoms with E-state index in [0.29, 0.717) is 24.9 Å². The van der Waals surface area contributed by atoms with E-state index < -0.39 is 12.1 Å². The van der Waals surface area contributed by atoms with Gasteiger partial charge in [0.1, 0.15) is 0 Å². The molecule has 2 aromatic carbocycles. The Morgan fingerprint density at radius 3 is 1.47 bits per heavy atom. The van der Waals surface area contributed by atoms with E-state index in [0.717, 1.165) is 0 Å². The normalized spacial score (nSPS) is 14.4. The Bertz CT molecular complexity index is 875. The van der Waals surface area contributed by atoms with Gasteiger partial charge in [-0.05, 0) is 0 Å². The van der Waals surface area contributed by atoms with Crippen LogP contribution in [0.15, 0.2) is 24.3 Å². The van der Waals surface area contributed by atoms with Gasteiger partial charge in [-0.1, -0.05) is 0 Å². The minimum atomic E-state index is -1.35. The summed E-state index contributed by atoms with van der Waals surface area (Å²) in [4.78, 5) is 0. The molecule has 0 heterocycles. The number of benzene rings is 2. The van der Waals surface area contributed by atoms with Crippen molar-refractivity contribution in [2.24, 2.45) is 11.5 Å². The summed E-state index contributed by atoms with van der Waals surface area (Å²) in [6.07, 6.45) is 0. The number of aryl methyl sites for hydroxylation is 4. The van der Waals surface area contributed by atoms with E-state index in [-0.39, 0.29) is 12.1 Å². The van der Waals surface area contributed by atoms with Gasteiger partial charge < -0.3 is 0 Å². The summed E-state index contributed by atoms with van der Waals surface area (Å²) >= 11 is -1.35. The first-order chi connectivity index (χ1) is 14.8. The van der Waals surface area contributed by atoms with Crippen LogP contribution >= 0.6 is 20.3 Å². The molecule has 0 amide bonds. The molecule has 0 saturated heterocycles. The van der Waals surface area contributed by atoms with E-state index in [2.05, 4.69) is 83.6 Å². The first-order valence-electron chi connectivity index (χ1n) is 11.3. The molecule has 0 aromatic heterocycles. The van der Waals surface area contributed by atoms with Crippen LogP contribution < -0.4 is 11.5 Å². The van der Waals surface area contributed by atoms with Crippen LogP contribution in [-0.2, 0) is 12.1 Å². The molecule has 6 heteroatoms. The van der Waals surface area contributed by atoms with Gasteiger partial charge in [0.15, 0.2) is 0 Å². The van der Waals surface area contributed by atoms with Gasteiger partial charge in [-0.2, -0.15) is 0 Å². The Morgan fingerprint density at radius 1 is 0.719 bits per heavy atom. The van der Waals surface area contributed by atoms with Gasteiger partial charge in [0, 0.05) is 0 Å². The molecular formula is C26H40Cl2CoN3. The van der Waals surface area contributed by atoms with Gasteiger partial charge in [0.2, 0.25) is 0 Å². The number of halogens is 2. The van der Waals surface area contributed by atoms with E-state index in [1.807, 2.05) is 0 Å². The second kappa shape index (κ2) is 11.7. The van der Waals surface area contributed by atoms with Crippen molar-refractivity contribution in [1.82, 2.24) is 3.95 Å². The first-order valence-corrected chi connectivity index (χ1v) is 14.6. The molecule has 0 fully saturated rings. The Labute approximate surface area is 208 Å². The van der Waals surface area contributed by atoms with Crippen molar-refractivity contribution in [2.75, 3.05) is 13.1 Å². The van der Waals surface area contributed by atoms with E-state index in [1.165, 1.54) is 44.5 Å². The number of nitrogens with zero attached hydrogens (tertiary/aromatic N) is 1. The summed E-state index contributed by atoms with van der Waals surface area (Å²) in [5, 5.41) is 0. The van der Waals surface area contributed by atoms with E-state index in [1.54, 1.807) is 0 Å².